The quantitative estimate of drug-likeness (QED) is 0.860. The lowest BCUT2D eigenvalue weighted by Crippen LogP contribution is -2.34. The number of piperidine rings is 1. The summed E-state index contributed by atoms with van der Waals surface area (Å²) in [6.45, 7) is 7.34. The van der Waals surface area contributed by atoms with E-state index in [0.29, 0.717) is 12.5 Å². The molecule has 1 aliphatic rings. The summed E-state index contributed by atoms with van der Waals surface area (Å²) in [6, 6.07) is 8.58. The van der Waals surface area contributed by atoms with E-state index in [1.165, 1.54) is 11.1 Å². The Labute approximate surface area is 104 Å². The van der Waals surface area contributed by atoms with Crippen LogP contribution in [0.1, 0.15) is 24.0 Å². The van der Waals surface area contributed by atoms with Crippen molar-refractivity contribution in [3.8, 4) is 0 Å². The molecule has 0 radical (unpaired) electrons. The second-order valence-corrected chi connectivity index (χ2v) is 4.85. The van der Waals surface area contributed by atoms with Crippen LogP contribution in [-0.2, 0) is 6.54 Å². The van der Waals surface area contributed by atoms with Crippen molar-refractivity contribution in [1.82, 2.24) is 4.90 Å². The minimum Gasteiger partial charge on any atom is -0.396 e. The van der Waals surface area contributed by atoms with Gasteiger partial charge < -0.3 is 5.11 Å². The van der Waals surface area contributed by atoms with Gasteiger partial charge in [-0.25, -0.2) is 0 Å². The number of aliphatic hydroxyl groups excluding tert-OH is 1. The lowest BCUT2D eigenvalue weighted by molar-refractivity contribution is 0.127. The van der Waals surface area contributed by atoms with Crippen LogP contribution in [0.25, 0.3) is 6.08 Å². The van der Waals surface area contributed by atoms with Gasteiger partial charge in [0.15, 0.2) is 0 Å². The lowest BCUT2D eigenvalue weighted by atomic mass is 9.97. The van der Waals surface area contributed by atoms with E-state index in [1.807, 2.05) is 6.08 Å². The van der Waals surface area contributed by atoms with Gasteiger partial charge in [-0.15, -0.1) is 0 Å². The Hall–Kier alpha value is -1.12. The van der Waals surface area contributed by atoms with E-state index in [9.17, 15) is 0 Å². The third-order valence-electron chi connectivity index (χ3n) is 3.59. The zero-order valence-electron chi connectivity index (χ0n) is 10.3. The summed E-state index contributed by atoms with van der Waals surface area (Å²) in [5.74, 6) is 0.523. The van der Waals surface area contributed by atoms with Gasteiger partial charge in [-0.3, -0.25) is 4.90 Å². The van der Waals surface area contributed by atoms with Gasteiger partial charge in [-0.2, -0.15) is 0 Å². The largest absolute Gasteiger partial charge is 0.396 e. The third-order valence-corrected chi connectivity index (χ3v) is 3.59. The van der Waals surface area contributed by atoms with Crippen LogP contribution in [0, 0.1) is 5.92 Å². The molecule has 0 atom stereocenters. The molecule has 0 amide bonds. The molecule has 2 nitrogen and oxygen atoms in total. The smallest absolute Gasteiger partial charge is 0.0460 e. The summed E-state index contributed by atoms with van der Waals surface area (Å²) in [6.07, 6.45) is 4.12. The summed E-state index contributed by atoms with van der Waals surface area (Å²) < 4.78 is 0. The summed E-state index contributed by atoms with van der Waals surface area (Å²) in [7, 11) is 0. The Balaban J connectivity index is 1.86. The van der Waals surface area contributed by atoms with E-state index >= 15 is 0 Å². The van der Waals surface area contributed by atoms with Crippen LogP contribution in [0.2, 0.25) is 0 Å². The third kappa shape index (κ3) is 3.42. The van der Waals surface area contributed by atoms with E-state index in [4.69, 9.17) is 5.11 Å². The van der Waals surface area contributed by atoms with Crippen molar-refractivity contribution in [2.45, 2.75) is 19.4 Å². The van der Waals surface area contributed by atoms with Gasteiger partial charge in [0.05, 0.1) is 0 Å². The van der Waals surface area contributed by atoms with Gasteiger partial charge >= 0.3 is 0 Å². The Kier molecular flexibility index (Phi) is 4.35. The second kappa shape index (κ2) is 5.99. The van der Waals surface area contributed by atoms with Crippen molar-refractivity contribution < 1.29 is 5.11 Å². The fourth-order valence-corrected chi connectivity index (χ4v) is 2.34. The van der Waals surface area contributed by atoms with Crippen LogP contribution >= 0.6 is 0 Å². The second-order valence-electron chi connectivity index (χ2n) is 4.85. The predicted octanol–water partition coefficient (Wildman–Crippen LogP) is 2.53. The van der Waals surface area contributed by atoms with Crippen molar-refractivity contribution >= 4 is 6.08 Å². The molecule has 0 unspecified atom stereocenters. The minimum absolute atomic E-state index is 0.349. The van der Waals surface area contributed by atoms with Crippen molar-refractivity contribution in [1.29, 1.82) is 0 Å². The molecule has 92 valence electrons. The highest BCUT2D eigenvalue weighted by molar-refractivity contribution is 5.47. The average Bonchev–Trinajstić information content (AvgIpc) is 2.40. The first kappa shape index (κ1) is 12.3. The van der Waals surface area contributed by atoms with Crippen LogP contribution in [0.15, 0.2) is 30.8 Å². The molecule has 1 fully saturated rings. The number of likely N-dealkylation sites (tertiary alicyclic amines) is 1. The Bertz CT molecular complexity index is 350. The van der Waals surface area contributed by atoms with E-state index in [1.54, 1.807) is 0 Å². The Morgan fingerprint density at radius 3 is 2.41 bits per heavy atom. The number of aliphatic hydroxyl groups is 1. The predicted molar refractivity (Wildman–Crippen MR) is 71.6 cm³/mol. The van der Waals surface area contributed by atoms with E-state index in [0.717, 1.165) is 32.5 Å². The number of rotatable bonds is 4. The van der Waals surface area contributed by atoms with Gasteiger partial charge in [0.25, 0.3) is 0 Å². The molecule has 1 aromatic rings. The van der Waals surface area contributed by atoms with Gasteiger partial charge in [0.2, 0.25) is 0 Å². The Morgan fingerprint density at radius 1 is 1.24 bits per heavy atom. The fourth-order valence-electron chi connectivity index (χ4n) is 2.34. The van der Waals surface area contributed by atoms with Gasteiger partial charge in [-0.05, 0) is 43.0 Å². The van der Waals surface area contributed by atoms with Crippen LogP contribution in [0.5, 0.6) is 0 Å². The number of nitrogens with zero attached hydrogens (tertiary/aromatic N) is 1. The van der Waals surface area contributed by atoms with Crippen LogP contribution in [0.4, 0.5) is 0 Å². The zero-order valence-corrected chi connectivity index (χ0v) is 10.3. The SMILES string of the molecule is C=Cc1ccc(CN2CCC(CO)CC2)cc1. The normalized spacial score (nSPS) is 18.2. The molecule has 0 bridgehead atoms. The molecule has 1 N–H and O–H groups in total. The standard InChI is InChI=1S/C15H21NO/c1-2-13-3-5-14(6-4-13)11-16-9-7-15(12-17)8-10-16/h2-6,15,17H,1,7-12H2. The maximum Gasteiger partial charge on any atom is 0.0460 e. The zero-order chi connectivity index (χ0) is 12.1. The molecule has 2 rings (SSSR count). The minimum atomic E-state index is 0.349. The molecule has 1 aliphatic heterocycles. The highest BCUT2D eigenvalue weighted by Gasteiger charge is 2.18. The molecule has 2 heteroatoms. The molecule has 0 spiro atoms. The molecule has 17 heavy (non-hydrogen) atoms. The maximum absolute atomic E-state index is 9.10. The van der Waals surface area contributed by atoms with Gasteiger partial charge in [0, 0.05) is 13.2 Å². The highest BCUT2D eigenvalue weighted by Crippen LogP contribution is 2.18. The first-order valence-electron chi connectivity index (χ1n) is 6.36. The average molecular weight is 231 g/mol. The molecule has 1 saturated heterocycles. The monoisotopic (exact) mass is 231 g/mol. The molecular weight excluding hydrogens is 210 g/mol. The first-order valence-corrected chi connectivity index (χ1v) is 6.36. The maximum atomic E-state index is 9.10. The summed E-state index contributed by atoms with van der Waals surface area (Å²) in [4.78, 5) is 2.47. The van der Waals surface area contributed by atoms with Crippen molar-refractivity contribution in [3.63, 3.8) is 0 Å². The van der Waals surface area contributed by atoms with Crippen molar-refractivity contribution in [2.24, 2.45) is 5.92 Å². The lowest BCUT2D eigenvalue weighted by Gasteiger charge is -2.31. The van der Waals surface area contributed by atoms with Gasteiger partial charge in [-0.1, -0.05) is 36.9 Å². The molecule has 0 aromatic heterocycles. The summed E-state index contributed by atoms with van der Waals surface area (Å²) in [5.41, 5.74) is 2.53. The van der Waals surface area contributed by atoms with Crippen LogP contribution < -0.4 is 0 Å². The van der Waals surface area contributed by atoms with E-state index in [2.05, 4.69) is 35.7 Å². The topological polar surface area (TPSA) is 23.5 Å². The van der Waals surface area contributed by atoms with E-state index in [-0.39, 0.29) is 0 Å². The number of hydrogen-bond acceptors (Lipinski definition) is 2. The first-order chi connectivity index (χ1) is 8.31. The molecular formula is C15H21NO. The molecule has 0 saturated carbocycles. The molecule has 1 heterocycles. The summed E-state index contributed by atoms with van der Waals surface area (Å²) in [5, 5.41) is 9.10. The van der Waals surface area contributed by atoms with Crippen molar-refractivity contribution in [2.75, 3.05) is 19.7 Å². The number of benzene rings is 1. The van der Waals surface area contributed by atoms with Crippen LogP contribution in [-0.4, -0.2) is 29.7 Å². The number of hydrogen-bond donors (Lipinski definition) is 1. The van der Waals surface area contributed by atoms with Gasteiger partial charge in [0.1, 0.15) is 0 Å². The molecule has 0 aliphatic carbocycles. The highest BCUT2D eigenvalue weighted by atomic mass is 16.3. The fraction of sp³-hybridized carbons (Fsp3) is 0.467. The summed E-state index contributed by atoms with van der Waals surface area (Å²) >= 11 is 0. The van der Waals surface area contributed by atoms with E-state index < -0.39 is 0 Å². The van der Waals surface area contributed by atoms with Crippen LogP contribution in [0.3, 0.4) is 0 Å². The molecule has 1 aromatic carbocycles. The Morgan fingerprint density at radius 2 is 1.88 bits per heavy atom. The van der Waals surface area contributed by atoms with Crippen molar-refractivity contribution in [3.05, 3.63) is 42.0 Å².